The molecule has 1 unspecified atom stereocenters. The van der Waals surface area contributed by atoms with Gasteiger partial charge < -0.3 is 4.90 Å². The van der Waals surface area contributed by atoms with Gasteiger partial charge in [-0.15, -0.1) is 0 Å². The molecular weight excluding hydrogens is 310 g/mol. The van der Waals surface area contributed by atoms with Crippen molar-refractivity contribution in [2.75, 3.05) is 24.2 Å². The Bertz CT molecular complexity index is 400. The van der Waals surface area contributed by atoms with E-state index in [-0.39, 0.29) is 0 Å². The number of nitrogens with zero attached hydrogens (tertiary/aromatic N) is 3. The van der Waals surface area contributed by atoms with Crippen LogP contribution in [0.25, 0.3) is 0 Å². The minimum absolute atomic E-state index is 0.811. The summed E-state index contributed by atoms with van der Waals surface area (Å²) in [7, 11) is 0. The van der Waals surface area contributed by atoms with Gasteiger partial charge in [0, 0.05) is 30.8 Å². The summed E-state index contributed by atoms with van der Waals surface area (Å²) < 4.78 is 0.898. The van der Waals surface area contributed by atoms with Gasteiger partial charge >= 0.3 is 0 Å². The molecule has 0 radical (unpaired) electrons. The van der Waals surface area contributed by atoms with E-state index in [2.05, 4.69) is 44.0 Å². The third-order valence-electron chi connectivity index (χ3n) is 3.38. The number of halogens is 1. The lowest BCUT2D eigenvalue weighted by molar-refractivity contribution is 0.745. The monoisotopic (exact) mass is 329 g/mol. The number of hydrogen-bond acceptors (Lipinski definition) is 4. The summed E-state index contributed by atoms with van der Waals surface area (Å²) in [5.41, 5.74) is 0. The van der Waals surface area contributed by atoms with Crippen LogP contribution in [0.15, 0.2) is 10.7 Å². The first-order valence-corrected chi connectivity index (χ1v) is 8.62. The quantitative estimate of drug-likeness (QED) is 0.793. The van der Waals surface area contributed by atoms with Crippen LogP contribution in [0.5, 0.6) is 0 Å². The first kappa shape index (κ1) is 14.1. The predicted molar refractivity (Wildman–Crippen MR) is 82.5 cm³/mol. The maximum atomic E-state index is 4.65. The maximum absolute atomic E-state index is 4.65. The van der Waals surface area contributed by atoms with Crippen molar-refractivity contribution in [1.82, 2.24) is 9.97 Å². The predicted octanol–water partition coefficient (Wildman–Crippen LogP) is 3.52. The second-order valence-corrected chi connectivity index (χ2v) is 6.54. The molecule has 5 heteroatoms. The van der Waals surface area contributed by atoms with Gasteiger partial charge in [0.2, 0.25) is 0 Å². The van der Waals surface area contributed by atoms with Crippen molar-refractivity contribution in [1.29, 1.82) is 0 Å². The molecule has 0 aromatic carbocycles. The number of rotatable bonds is 3. The van der Waals surface area contributed by atoms with Crippen LogP contribution < -0.4 is 4.90 Å². The van der Waals surface area contributed by atoms with Crippen molar-refractivity contribution in [3.63, 3.8) is 0 Å². The van der Waals surface area contributed by atoms with Crippen LogP contribution in [0.4, 0.5) is 5.82 Å². The fraction of sp³-hybridized carbons (Fsp3) is 0.692. The zero-order chi connectivity index (χ0) is 13.0. The smallest absolute Gasteiger partial charge is 0.133 e. The molecule has 1 aliphatic rings. The third-order valence-corrected chi connectivity index (χ3v) is 4.92. The molecule has 1 fully saturated rings. The molecule has 0 spiro atoms. The zero-order valence-electron chi connectivity index (χ0n) is 11.0. The fourth-order valence-electron chi connectivity index (χ4n) is 2.30. The molecule has 0 bridgehead atoms. The van der Waals surface area contributed by atoms with E-state index in [1.54, 1.807) is 0 Å². The van der Waals surface area contributed by atoms with E-state index in [4.69, 9.17) is 0 Å². The average Bonchev–Trinajstić information content (AvgIpc) is 2.63. The minimum Gasteiger partial charge on any atom is -0.356 e. The number of thioether (sulfide) groups is 1. The Kier molecular flexibility index (Phi) is 5.30. The lowest BCUT2D eigenvalue weighted by Crippen LogP contribution is -2.26. The Labute approximate surface area is 122 Å². The highest BCUT2D eigenvalue weighted by molar-refractivity contribution is 9.10. The van der Waals surface area contributed by atoms with Gasteiger partial charge in [0.1, 0.15) is 16.2 Å². The van der Waals surface area contributed by atoms with Gasteiger partial charge in [-0.2, -0.15) is 11.8 Å². The van der Waals surface area contributed by atoms with E-state index in [0.717, 1.165) is 41.0 Å². The van der Waals surface area contributed by atoms with E-state index in [1.165, 1.54) is 19.3 Å². The molecule has 0 saturated carbocycles. The van der Waals surface area contributed by atoms with Gasteiger partial charge in [-0.3, -0.25) is 0 Å². The van der Waals surface area contributed by atoms with Crippen molar-refractivity contribution in [3.05, 3.63) is 16.5 Å². The minimum atomic E-state index is 0.811. The second kappa shape index (κ2) is 6.75. The Morgan fingerprint density at radius 2 is 2.22 bits per heavy atom. The highest BCUT2D eigenvalue weighted by Crippen LogP contribution is 2.25. The zero-order valence-corrected chi connectivity index (χ0v) is 13.4. The molecule has 1 aromatic rings. The number of anilines is 1. The molecule has 18 heavy (non-hydrogen) atoms. The van der Waals surface area contributed by atoms with E-state index in [0.29, 0.717) is 0 Å². The van der Waals surface area contributed by atoms with Crippen LogP contribution in [0.2, 0.25) is 0 Å². The summed E-state index contributed by atoms with van der Waals surface area (Å²) in [5, 5.41) is 0.811. The molecule has 0 amide bonds. The van der Waals surface area contributed by atoms with E-state index in [1.807, 2.05) is 17.8 Å². The Hall–Kier alpha value is -0.290. The molecule has 2 heterocycles. The molecule has 1 aromatic heterocycles. The van der Waals surface area contributed by atoms with Gasteiger partial charge in [0.15, 0.2) is 0 Å². The Morgan fingerprint density at radius 3 is 2.94 bits per heavy atom. The van der Waals surface area contributed by atoms with Crippen LogP contribution in [0.3, 0.4) is 0 Å². The third kappa shape index (κ3) is 3.60. The topological polar surface area (TPSA) is 29.0 Å². The first-order valence-electron chi connectivity index (χ1n) is 6.54. The van der Waals surface area contributed by atoms with Crippen LogP contribution in [0.1, 0.15) is 32.0 Å². The molecule has 100 valence electrons. The summed E-state index contributed by atoms with van der Waals surface area (Å²) in [6.45, 7) is 4.32. The summed E-state index contributed by atoms with van der Waals surface area (Å²) in [4.78, 5) is 11.4. The van der Waals surface area contributed by atoms with Crippen molar-refractivity contribution in [2.24, 2.45) is 0 Å². The lowest BCUT2D eigenvalue weighted by atomic mass is 10.2. The average molecular weight is 330 g/mol. The SMILES string of the molecule is CCc1nc(Br)cc(N2CCCC(SC)CC2)n1. The van der Waals surface area contributed by atoms with E-state index in [9.17, 15) is 0 Å². The molecular formula is C13H20BrN3S. The molecule has 1 saturated heterocycles. The van der Waals surface area contributed by atoms with Crippen LogP contribution in [-0.2, 0) is 6.42 Å². The molecule has 1 atom stereocenters. The van der Waals surface area contributed by atoms with E-state index >= 15 is 0 Å². The van der Waals surface area contributed by atoms with Gasteiger partial charge in [-0.1, -0.05) is 6.92 Å². The van der Waals surface area contributed by atoms with Gasteiger partial charge in [-0.25, -0.2) is 9.97 Å². The molecule has 1 aliphatic heterocycles. The van der Waals surface area contributed by atoms with Gasteiger partial charge in [0.25, 0.3) is 0 Å². The number of hydrogen-bond donors (Lipinski definition) is 0. The van der Waals surface area contributed by atoms with Crippen LogP contribution in [-0.4, -0.2) is 34.6 Å². The molecule has 3 nitrogen and oxygen atoms in total. The standard InChI is InChI=1S/C13H20BrN3S/c1-3-12-15-11(14)9-13(16-12)17-7-4-5-10(18-2)6-8-17/h9-10H,3-8H2,1-2H3. The number of aromatic nitrogens is 2. The van der Waals surface area contributed by atoms with Crippen molar-refractivity contribution >= 4 is 33.5 Å². The first-order chi connectivity index (χ1) is 8.72. The normalized spacial score (nSPS) is 20.8. The second-order valence-electron chi connectivity index (χ2n) is 4.59. The van der Waals surface area contributed by atoms with Crippen molar-refractivity contribution in [2.45, 2.75) is 37.9 Å². The van der Waals surface area contributed by atoms with Crippen molar-refractivity contribution < 1.29 is 0 Å². The van der Waals surface area contributed by atoms with Crippen LogP contribution >= 0.6 is 27.7 Å². The van der Waals surface area contributed by atoms with Gasteiger partial charge in [0.05, 0.1) is 0 Å². The summed E-state index contributed by atoms with van der Waals surface area (Å²) in [6.07, 6.45) is 6.94. The summed E-state index contributed by atoms with van der Waals surface area (Å²) in [5.74, 6) is 2.00. The van der Waals surface area contributed by atoms with E-state index < -0.39 is 0 Å². The largest absolute Gasteiger partial charge is 0.356 e. The van der Waals surface area contributed by atoms with Crippen molar-refractivity contribution in [3.8, 4) is 0 Å². The highest BCUT2D eigenvalue weighted by Gasteiger charge is 2.18. The van der Waals surface area contributed by atoms with Crippen LogP contribution in [0, 0.1) is 0 Å². The summed E-state index contributed by atoms with van der Waals surface area (Å²) >= 11 is 5.48. The number of aryl methyl sites for hydroxylation is 1. The highest BCUT2D eigenvalue weighted by atomic mass is 79.9. The Morgan fingerprint density at radius 1 is 1.39 bits per heavy atom. The maximum Gasteiger partial charge on any atom is 0.133 e. The molecule has 2 rings (SSSR count). The van der Waals surface area contributed by atoms with Gasteiger partial charge in [-0.05, 0) is 41.4 Å². The molecule has 0 aliphatic carbocycles. The molecule has 0 N–H and O–H groups in total. The Balaban J connectivity index is 2.13. The fourth-order valence-corrected chi connectivity index (χ4v) is 3.46. The summed E-state index contributed by atoms with van der Waals surface area (Å²) in [6, 6.07) is 2.04. The lowest BCUT2D eigenvalue weighted by Gasteiger charge is -2.22.